The Morgan fingerprint density at radius 2 is 1.21 bits per heavy atom. The zero-order valence-electron chi connectivity index (χ0n) is 34.0. The third-order valence-corrected chi connectivity index (χ3v) is 9.60. The van der Waals surface area contributed by atoms with Crippen molar-refractivity contribution in [1.29, 1.82) is 0 Å². The number of carbonyl (C=O) groups is 6. The van der Waals surface area contributed by atoms with Crippen LogP contribution in [0.2, 0.25) is 0 Å². The van der Waals surface area contributed by atoms with Crippen molar-refractivity contribution in [2.45, 2.75) is 118 Å². The molecule has 0 fully saturated rings. The van der Waals surface area contributed by atoms with Gasteiger partial charge in [-0.2, -0.15) is 0 Å². The summed E-state index contributed by atoms with van der Waals surface area (Å²) < 4.78 is 40.8. The van der Waals surface area contributed by atoms with E-state index in [0.29, 0.717) is 5.56 Å². The largest absolute Gasteiger partial charge is 0.461 e. The maximum Gasteiger partial charge on any atom is 0.308 e. The van der Waals surface area contributed by atoms with Gasteiger partial charge in [-0.05, 0) is 58.6 Å². The molecule has 0 bridgehead atoms. The molecule has 2 rings (SSSR count). The number of Topliss-reactive ketones (excluding diaryl/α,β-unsaturated/α-hetero) is 1. The topological polar surface area (TPSA) is 188 Å². The summed E-state index contributed by atoms with van der Waals surface area (Å²) in [6.45, 7) is 14.9. The first-order valence-electron chi connectivity index (χ1n) is 18.7. The van der Waals surface area contributed by atoms with Crippen molar-refractivity contribution >= 4 is 45.3 Å². The van der Waals surface area contributed by atoms with Crippen LogP contribution in [-0.4, -0.2) is 66.9 Å². The number of nitrogens with one attached hydrogen (secondary N) is 2. The summed E-state index contributed by atoms with van der Waals surface area (Å²) in [6.07, 6.45) is -0.480. The minimum absolute atomic E-state index is 0.0485. The molecule has 0 saturated heterocycles. The molecule has 0 radical (unpaired) electrons. The highest BCUT2D eigenvalue weighted by Gasteiger charge is 2.35. The molecule has 2 amide bonds. The first-order chi connectivity index (χ1) is 26.0. The third kappa shape index (κ3) is 18.2. The van der Waals surface area contributed by atoms with Gasteiger partial charge in [-0.25, -0.2) is 8.42 Å². The molecule has 13 nitrogen and oxygen atoms in total. The van der Waals surface area contributed by atoms with Crippen molar-refractivity contribution in [2.75, 3.05) is 5.75 Å². The minimum atomic E-state index is -3.61. The Hall–Kier alpha value is -4.85. The Balaban J connectivity index is 2.39. The predicted octanol–water partition coefficient (Wildman–Crippen LogP) is 5.72. The molecule has 308 valence electrons. The fourth-order valence-electron chi connectivity index (χ4n) is 5.39. The monoisotopic (exact) mass is 798 g/mol. The normalized spacial score (nSPS) is 14.2. The highest BCUT2D eigenvalue weighted by molar-refractivity contribution is 7.94. The molecule has 0 aliphatic carbocycles. The van der Waals surface area contributed by atoms with E-state index >= 15 is 0 Å². The van der Waals surface area contributed by atoms with E-state index in [1.54, 1.807) is 110 Å². The number of ketones is 1. The first-order valence-corrected chi connectivity index (χ1v) is 20.4. The Labute approximate surface area is 331 Å². The molecule has 2 aromatic carbocycles. The Bertz CT molecular complexity index is 1780. The second-order valence-electron chi connectivity index (χ2n) is 15.9. The van der Waals surface area contributed by atoms with E-state index in [1.807, 2.05) is 6.07 Å². The number of rotatable bonds is 20. The average Bonchev–Trinajstić information content (AvgIpc) is 3.09. The van der Waals surface area contributed by atoms with E-state index in [2.05, 4.69) is 10.6 Å². The van der Waals surface area contributed by atoms with Crippen molar-refractivity contribution < 1.29 is 51.4 Å². The summed E-state index contributed by atoms with van der Waals surface area (Å²) in [4.78, 5) is 80.6. The lowest BCUT2D eigenvalue weighted by Gasteiger charge is -2.27. The number of carbonyl (C=O) groups excluding carboxylic acids is 6. The fraction of sp³-hybridized carbons (Fsp3) is 0.524. The van der Waals surface area contributed by atoms with Gasteiger partial charge in [0.15, 0.2) is 15.6 Å². The predicted molar refractivity (Wildman–Crippen MR) is 211 cm³/mol. The van der Waals surface area contributed by atoms with Crippen LogP contribution in [0.25, 0.3) is 0 Å². The Morgan fingerprint density at radius 1 is 0.696 bits per heavy atom. The van der Waals surface area contributed by atoms with Crippen molar-refractivity contribution in [1.82, 2.24) is 10.6 Å². The van der Waals surface area contributed by atoms with Gasteiger partial charge in [-0.3, -0.25) is 28.8 Å². The molecule has 0 spiro atoms. The van der Waals surface area contributed by atoms with Gasteiger partial charge < -0.3 is 24.8 Å². The molecule has 0 heterocycles. The number of hydrogen-bond acceptors (Lipinski definition) is 11. The lowest BCUT2D eigenvalue weighted by atomic mass is 9.86. The van der Waals surface area contributed by atoms with Crippen molar-refractivity contribution in [2.24, 2.45) is 17.8 Å². The van der Waals surface area contributed by atoms with Gasteiger partial charge in [0, 0.05) is 17.7 Å². The number of sulfone groups is 1. The molecule has 0 unspecified atom stereocenters. The van der Waals surface area contributed by atoms with E-state index in [1.165, 1.54) is 13.0 Å². The van der Waals surface area contributed by atoms with Crippen molar-refractivity contribution in [3.63, 3.8) is 0 Å². The zero-order valence-corrected chi connectivity index (χ0v) is 34.8. The van der Waals surface area contributed by atoms with E-state index in [0.717, 1.165) is 11.0 Å². The highest BCUT2D eigenvalue weighted by Crippen LogP contribution is 2.25. The molecular formula is C42H58N2O11S. The number of esters is 3. The summed E-state index contributed by atoms with van der Waals surface area (Å²) in [5.74, 6) is -6.94. The summed E-state index contributed by atoms with van der Waals surface area (Å²) >= 11 is 0. The second kappa shape index (κ2) is 21.5. The Kier molecular flexibility index (Phi) is 18.1. The molecule has 4 atom stereocenters. The van der Waals surface area contributed by atoms with E-state index in [9.17, 15) is 37.2 Å². The third-order valence-electron chi connectivity index (χ3n) is 8.22. The maximum atomic E-state index is 14.2. The summed E-state index contributed by atoms with van der Waals surface area (Å²) in [7, 11) is -3.61. The highest BCUT2D eigenvalue weighted by atomic mass is 32.2. The van der Waals surface area contributed by atoms with Crippen LogP contribution in [0.5, 0.6) is 0 Å². The van der Waals surface area contributed by atoms with Gasteiger partial charge in [-0.1, -0.05) is 87.5 Å². The molecular weight excluding hydrogens is 741 g/mol. The van der Waals surface area contributed by atoms with E-state index < -0.39 is 99.2 Å². The van der Waals surface area contributed by atoms with Crippen LogP contribution < -0.4 is 10.6 Å². The molecule has 2 aromatic rings. The number of benzene rings is 2. The van der Waals surface area contributed by atoms with Gasteiger partial charge in [0.25, 0.3) is 0 Å². The zero-order chi connectivity index (χ0) is 42.3. The van der Waals surface area contributed by atoms with Crippen molar-refractivity contribution in [3.8, 4) is 0 Å². The molecule has 0 aliphatic heterocycles. The summed E-state index contributed by atoms with van der Waals surface area (Å²) in [5, 5.41) is 6.36. The van der Waals surface area contributed by atoms with Gasteiger partial charge >= 0.3 is 17.9 Å². The molecule has 2 N–H and O–H groups in total. The fourth-order valence-corrected chi connectivity index (χ4v) is 6.01. The van der Waals surface area contributed by atoms with Gasteiger partial charge in [0.1, 0.15) is 23.9 Å². The van der Waals surface area contributed by atoms with Crippen LogP contribution in [0.4, 0.5) is 0 Å². The van der Waals surface area contributed by atoms with Gasteiger partial charge in [0.05, 0.1) is 37.0 Å². The standard InChI is InChI=1S/C42H58N2O11S/c1-10-56(51,52)22-21-32(25-37(48)55-42(7,8)9)43-40(50)33(28(2)3)26-34(45)38(30-19-15-12-16-20-30)44-39(49)31(24-36(47)54-41(4,5)6)23-35(46)53-27-29-17-13-11-14-18-29/h11-22,28,31-33,38H,10,23-27H2,1-9H3,(H,43,50)(H,44,49)/b22-21+/t31-,32+,33-,38-/m0/s1. The Morgan fingerprint density at radius 3 is 1.73 bits per heavy atom. The van der Waals surface area contributed by atoms with Gasteiger partial charge in [0.2, 0.25) is 11.8 Å². The number of hydrogen-bond donors (Lipinski definition) is 2. The van der Waals surface area contributed by atoms with Crippen LogP contribution in [0.3, 0.4) is 0 Å². The van der Waals surface area contributed by atoms with Crippen LogP contribution in [-0.2, 0) is 59.4 Å². The number of amides is 2. The quantitative estimate of drug-likeness (QED) is 0.123. The molecule has 56 heavy (non-hydrogen) atoms. The maximum absolute atomic E-state index is 14.2. The molecule has 0 saturated carbocycles. The van der Waals surface area contributed by atoms with Crippen molar-refractivity contribution in [3.05, 3.63) is 83.3 Å². The summed E-state index contributed by atoms with van der Waals surface area (Å²) in [6, 6.07) is 14.9. The van der Waals surface area contributed by atoms with E-state index in [4.69, 9.17) is 14.2 Å². The van der Waals surface area contributed by atoms with Crippen LogP contribution in [0.1, 0.15) is 105 Å². The lowest BCUT2D eigenvalue weighted by molar-refractivity contribution is -0.159. The molecule has 0 aromatic heterocycles. The average molecular weight is 799 g/mol. The van der Waals surface area contributed by atoms with E-state index in [-0.39, 0.29) is 25.2 Å². The smallest absolute Gasteiger partial charge is 0.308 e. The SMILES string of the molecule is CCS(=O)(=O)/C=C/[C@H](CC(=O)OC(C)(C)C)NC(=O)[C@@H](CC(=O)[C@@H](NC(=O)[C@@H](CC(=O)OCc1ccccc1)CC(=O)OC(C)(C)C)c1ccccc1)C(C)C. The van der Waals surface area contributed by atoms with Gasteiger partial charge in [-0.15, -0.1) is 0 Å². The summed E-state index contributed by atoms with van der Waals surface area (Å²) in [5.41, 5.74) is -0.576. The lowest BCUT2D eigenvalue weighted by Crippen LogP contribution is -2.44. The molecule has 0 aliphatic rings. The minimum Gasteiger partial charge on any atom is -0.461 e. The van der Waals surface area contributed by atoms with Crippen LogP contribution >= 0.6 is 0 Å². The number of ether oxygens (including phenoxy) is 3. The molecule has 14 heteroatoms. The van der Waals surface area contributed by atoms with Crippen LogP contribution in [0.15, 0.2) is 72.1 Å². The van der Waals surface area contributed by atoms with Crippen LogP contribution in [0, 0.1) is 17.8 Å². The second-order valence-corrected chi connectivity index (χ2v) is 18.1. The first kappa shape index (κ1) is 47.3.